The standard InChI is InChI=1S/C13H17N7/c1-10-8-11(18-13(14)17-10)19-4-6-20(7-5-19)12-9-15-2-3-16-12/h2-3,8-9H,4-7H2,1H3,(H2,14,17,18). The van der Waals surface area contributed by atoms with Gasteiger partial charge in [-0.15, -0.1) is 0 Å². The van der Waals surface area contributed by atoms with Gasteiger partial charge in [0.1, 0.15) is 11.6 Å². The van der Waals surface area contributed by atoms with Gasteiger partial charge in [0.15, 0.2) is 0 Å². The second-order valence-electron chi connectivity index (χ2n) is 4.76. The topological polar surface area (TPSA) is 84.1 Å². The number of aryl methyl sites for hydroxylation is 1. The molecule has 20 heavy (non-hydrogen) atoms. The number of nitrogen functional groups attached to an aromatic ring is 1. The van der Waals surface area contributed by atoms with E-state index in [1.54, 1.807) is 18.6 Å². The van der Waals surface area contributed by atoms with E-state index in [0.29, 0.717) is 5.95 Å². The molecule has 0 amide bonds. The maximum Gasteiger partial charge on any atom is 0.222 e. The van der Waals surface area contributed by atoms with Crippen LogP contribution in [0, 0.1) is 6.92 Å². The van der Waals surface area contributed by atoms with Crippen LogP contribution in [-0.2, 0) is 0 Å². The van der Waals surface area contributed by atoms with E-state index < -0.39 is 0 Å². The van der Waals surface area contributed by atoms with Crippen LogP contribution in [0.25, 0.3) is 0 Å². The van der Waals surface area contributed by atoms with Gasteiger partial charge in [-0.2, -0.15) is 4.98 Å². The molecule has 0 radical (unpaired) electrons. The number of nitrogens with zero attached hydrogens (tertiary/aromatic N) is 6. The lowest BCUT2D eigenvalue weighted by Crippen LogP contribution is -2.47. The Morgan fingerprint density at radius 3 is 2.30 bits per heavy atom. The summed E-state index contributed by atoms with van der Waals surface area (Å²) in [5.74, 6) is 2.15. The smallest absolute Gasteiger partial charge is 0.222 e. The third-order valence-corrected chi connectivity index (χ3v) is 3.34. The summed E-state index contributed by atoms with van der Waals surface area (Å²) >= 11 is 0. The first-order chi connectivity index (χ1) is 9.72. The van der Waals surface area contributed by atoms with E-state index in [-0.39, 0.29) is 0 Å². The molecule has 1 fully saturated rings. The van der Waals surface area contributed by atoms with Crippen LogP contribution in [0.2, 0.25) is 0 Å². The minimum Gasteiger partial charge on any atom is -0.368 e. The molecule has 7 heteroatoms. The highest BCUT2D eigenvalue weighted by molar-refractivity contribution is 5.46. The fourth-order valence-corrected chi connectivity index (χ4v) is 2.36. The maximum absolute atomic E-state index is 5.71. The van der Waals surface area contributed by atoms with Crippen molar-refractivity contribution in [3.05, 3.63) is 30.4 Å². The lowest BCUT2D eigenvalue weighted by Gasteiger charge is -2.35. The number of rotatable bonds is 2. The molecule has 0 atom stereocenters. The largest absolute Gasteiger partial charge is 0.368 e. The van der Waals surface area contributed by atoms with E-state index in [9.17, 15) is 0 Å². The van der Waals surface area contributed by atoms with E-state index in [1.807, 2.05) is 13.0 Å². The van der Waals surface area contributed by atoms with Crippen LogP contribution in [0.5, 0.6) is 0 Å². The molecular formula is C13H17N7. The van der Waals surface area contributed by atoms with Gasteiger partial charge in [0.25, 0.3) is 0 Å². The summed E-state index contributed by atoms with van der Waals surface area (Å²) in [5.41, 5.74) is 6.60. The summed E-state index contributed by atoms with van der Waals surface area (Å²) in [4.78, 5) is 21.3. The van der Waals surface area contributed by atoms with E-state index in [1.165, 1.54) is 0 Å². The Balaban J connectivity index is 1.69. The highest BCUT2D eigenvalue weighted by Crippen LogP contribution is 2.18. The number of aromatic nitrogens is 4. The Bertz CT molecular complexity index is 558. The molecule has 1 aliphatic heterocycles. The van der Waals surface area contributed by atoms with Gasteiger partial charge in [-0.3, -0.25) is 4.98 Å². The van der Waals surface area contributed by atoms with Crippen molar-refractivity contribution in [2.45, 2.75) is 6.92 Å². The molecule has 0 aliphatic carbocycles. The van der Waals surface area contributed by atoms with E-state index in [4.69, 9.17) is 5.73 Å². The van der Waals surface area contributed by atoms with Crippen molar-refractivity contribution < 1.29 is 0 Å². The predicted octanol–water partition coefficient (Wildman–Crippen LogP) is 0.484. The Morgan fingerprint density at radius 1 is 1.00 bits per heavy atom. The summed E-state index contributed by atoms with van der Waals surface area (Å²) in [6.45, 7) is 5.47. The van der Waals surface area contributed by atoms with Crippen LogP contribution in [0.15, 0.2) is 24.7 Å². The highest BCUT2D eigenvalue weighted by Gasteiger charge is 2.19. The van der Waals surface area contributed by atoms with Crippen molar-refractivity contribution in [2.75, 3.05) is 41.7 Å². The molecule has 0 bridgehead atoms. The number of hydrogen-bond acceptors (Lipinski definition) is 7. The Hall–Kier alpha value is -2.44. The highest BCUT2D eigenvalue weighted by atomic mass is 15.3. The molecule has 7 nitrogen and oxygen atoms in total. The minimum atomic E-state index is 0.330. The van der Waals surface area contributed by atoms with Gasteiger partial charge in [-0.05, 0) is 6.92 Å². The first-order valence-electron chi connectivity index (χ1n) is 6.59. The minimum absolute atomic E-state index is 0.330. The summed E-state index contributed by atoms with van der Waals surface area (Å²) < 4.78 is 0. The number of nitrogens with two attached hydrogens (primary N) is 1. The third-order valence-electron chi connectivity index (χ3n) is 3.34. The zero-order chi connectivity index (χ0) is 13.9. The van der Waals surface area contributed by atoms with Crippen molar-refractivity contribution >= 4 is 17.6 Å². The molecule has 1 saturated heterocycles. The predicted molar refractivity (Wildman–Crippen MR) is 77.6 cm³/mol. The molecule has 1 aliphatic rings. The molecular weight excluding hydrogens is 254 g/mol. The molecule has 0 spiro atoms. The van der Waals surface area contributed by atoms with Crippen molar-refractivity contribution in [3.8, 4) is 0 Å². The van der Waals surface area contributed by atoms with E-state index in [2.05, 4.69) is 29.7 Å². The molecule has 0 unspecified atom stereocenters. The lowest BCUT2D eigenvalue weighted by molar-refractivity contribution is 0.640. The lowest BCUT2D eigenvalue weighted by atomic mass is 10.3. The van der Waals surface area contributed by atoms with Crippen LogP contribution < -0.4 is 15.5 Å². The molecule has 3 rings (SSSR count). The SMILES string of the molecule is Cc1cc(N2CCN(c3cnccn3)CC2)nc(N)n1. The van der Waals surface area contributed by atoms with Crippen LogP contribution in [0.3, 0.4) is 0 Å². The first kappa shape index (κ1) is 12.6. The average molecular weight is 271 g/mol. The van der Waals surface area contributed by atoms with Crippen molar-refractivity contribution in [2.24, 2.45) is 0 Å². The molecule has 0 saturated carbocycles. The maximum atomic E-state index is 5.71. The van der Waals surface area contributed by atoms with Crippen LogP contribution in [0.1, 0.15) is 5.69 Å². The molecule has 104 valence electrons. The van der Waals surface area contributed by atoms with Gasteiger partial charge in [0.05, 0.1) is 6.20 Å². The molecule has 0 aromatic carbocycles. The number of anilines is 3. The molecule has 2 N–H and O–H groups in total. The fourth-order valence-electron chi connectivity index (χ4n) is 2.36. The van der Waals surface area contributed by atoms with Gasteiger partial charge >= 0.3 is 0 Å². The molecule has 2 aromatic heterocycles. The van der Waals surface area contributed by atoms with Crippen molar-refractivity contribution in [3.63, 3.8) is 0 Å². The van der Waals surface area contributed by atoms with Crippen LogP contribution in [-0.4, -0.2) is 46.1 Å². The van der Waals surface area contributed by atoms with Gasteiger partial charge < -0.3 is 15.5 Å². The van der Waals surface area contributed by atoms with Gasteiger partial charge in [0.2, 0.25) is 5.95 Å². The van der Waals surface area contributed by atoms with Gasteiger partial charge in [0, 0.05) is 50.3 Å². The van der Waals surface area contributed by atoms with Crippen LogP contribution >= 0.6 is 0 Å². The zero-order valence-corrected chi connectivity index (χ0v) is 11.4. The number of hydrogen-bond donors (Lipinski definition) is 1. The molecule has 3 heterocycles. The van der Waals surface area contributed by atoms with Gasteiger partial charge in [-0.1, -0.05) is 0 Å². The Kier molecular flexibility index (Phi) is 3.32. The second-order valence-corrected chi connectivity index (χ2v) is 4.76. The summed E-state index contributed by atoms with van der Waals surface area (Å²) in [5, 5.41) is 0. The fraction of sp³-hybridized carbons (Fsp3) is 0.385. The quantitative estimate of drug-likeness (QED) is 0.850. The normalized spacial score (nSPS) is 15.4. The number of piperazine rings is 1. The Morgan fingerprint density at radius 2 is 1.70 bits per heavy atom. The van der Waals surface area contributed by atoms with Gasteiger partial charge in [-0.25, -0.2) is 9.97 Å². The second kappa shape index (κ2) is 5.28. The monoisotopic (exact) mass is 271 g/mol. The Labute approximate surface area is 117 Å². The first-order valence-corrected chi connectivity index (χ1v) is 6.59. The third kappa shape index (κ3) is 2.61. The average Bonchev–Trinajstić information content (AvgIpc) is 2.47. The van der Waals surface area contributed by atoms with E-state index in [0.717, 1.165) is 43.5 Å². The summed E-state index contributed by atoms with van der Waals surface area (Å²) in [6.07, 6.45) is 5.20. The summed E-state index contributed by atoms with van der Waals surface area (Å²) in [7, 11) is 0. The van der Waals surface area contributed by atoms with Crippen molar-refractivity contribution in [1.82, 2.24) is 19.9 Å². The zero-order valence-electron chi connectivity index (χ0n) is 11.4. The summed E-state index contributed by atoms with van der Waals surface area (Å²) in [6, 6.07) is 1.97. The van der Waals surface area contributed by atoms with Crippen molar-refractivity contribution in [1.29, 1.82) is 0 Å². The van der Waals surface area contributed by atoms with E-state index >= 15 is 0 Å². The molecule has 2 aromatic rings. The van der Waals surface area contributed by atoms with Crippen LogP contribution in [0.4, 0.5) is 17.6 Å².